The molecular weight excluding hydrogens is 269 g/mol. The Morgan fingerprint density at radius 3 is 2.76 bits per heavy atom. The Morgan fingerprint density at radius 1 is 1.43 bits per heavy atom. The van der Waals surface area contributed by atoms with Crippen molar-refractivity contribution in [3.05, 3.63) is 24.0 Å². The third-order valence-electron chi connectivity index (χ3n) is 4.56. The first kappa shape index (κ1) is 15.8. The second-order valence-corrected chi connectivity index (χ2v) is 6.13. The van der Waals surface area contributed by atoms with Crippen LogP contribution in [0.4, 0.5) is 15.8 Å². The number of carbonyl (C=O) groups excluding carboxylic acids is 1. The van der Waals surface area contributed by atoms with Crippen LogP contribution in [0.1, 0.15) is 27.2 Å². The minimum Gasteiger partial charge on any atom is -0.397 e. The molecule has 0 bridgehead atoms. The Kier molecular flexibility index (Phi) is 4.83. The number of carbonyl (C=O) groups is 1. The van der Waals surface area contributed by atoms with E-state index in [2.05, 4.69) is 24.1 Å². The Balaban J connectivity index is 1.99. The van der Waals surface area contributed by atoms with Crippen molar-refractivity contribution >= 4 is 17.3 Å². The van der Waals surface area contributed by atoms with Crippen molar-refractivity contribution in [1.29, 1.82) is 0 Å². The Morgan fingerprint density at radius 2 is 2.14 bits per heavy atom. The van der Waals surface area contributed by atoms with Gasteiger partial charge in [-0.1, -0.05) is 13.8 Å². The molecule has 3 unspecified atom stereocenters. The van der Waals surface area contributed by atoms with Crippen molar-refractivity contribution in [2.75, 3.05) is 24.1 Å². The van der Waals surface area contributed by atoms with E-state index in [0.29, 0.717) is 17.5 Å². The quantitative estimate of drug-likeness (QED) is 0.842. The van der Waals surface area contributed by atoms with Gasteiger partial charge in [0.1, 0.15) is 5.82 Å². The fourth-order valence-electron chi connectivity index (χ4n) is 2.70. The zero-order valence-corrected chi connectivity index (χ0v) is 12.9. The third kappa shape index (κ3) is 3.73. The molecule has 21 heavy (non-hydrogen) atoms. The van der Waals surface area contributed by atoms with Crippen molar-refractivity contribution in [2.24, 2.45) is 11.8 Å². The lowest BCUT2D eigenvalue weighted by atomic mass is 9.88. The number of benzene rings is 1. The minimum atomic E-state index is -0.405. The molecule has 1 aliphatic rings. The molecule has 1 aromatic rings. The number of likely N-dealkylation sites (tertiary alicyclic amines) is 1. The first-order chi connectivity index (χ1) is 9.88. The van der Waals surface area contributed by atoms with Crippen LogP contribution in [0.2, 0.25) is 0 Å². The molecular formula is C16H24FN3O. The second kappa shape index (κ2) is 6.43. The monoisotopic (exact) mass is 293 g/mol. The zero-order chi connectivity index (χ0) is 15.6. The maximum Gasteiger partial charge on any atom is 0.241 e. The number of amides is 1. The highest BCUT2D eigenvalue weighted by Crippen LogP contribution is 2.25. The molecule has 5 heteroatoms. The van der Waals surface area contributed by atoms with E-state index in [1.54, 1.807) is 0 Å². The highest BCUT2D eigenvalue weighted by atomic mass is 19.1. The van der Waals surface area contributed by atoms with Gasteiger partial charge >= 0.3 is 0 Å². The maximum atomic E-state index is 13.0. The van der Waals surface area contributed by atoms with Gasteiger partial charge in [0.15, 0.2) is 0 Å². The number of rotatable bonds is 3. The third-order valence-corrected chi connectivity index (χ3v) is 4.56. The summed E-state index contributed by atoms with van der Waals surface area (Å²) in [6.45, 7) is 8.23. The molecule has 0 radical (unpaired) electrons. The van der Waals surface area contributed by atoms with Crippen molar-refractivity contribution in [3.63, 3.8) is 0 Å². The Labute approximate surface area is 125 Å². The second-order valence-electron chi connectivity index (χ2n) is 6.13. The van der Waals surface area contributed by atoms with E-state index in [0.717, 1.165) is 19.5 Å². The van der Waals surface area contributed by atoms with Crippen LogP contribution < -0.4 is 11.1 Å². The van der Waals surface area contributed by atoms with E-state index in [9.17, 15) is 9.18 Å². The van der Waals surface area contributed by atoms with Crippen LogP contribution in [0.25, 0.3) is 0 Å². The number of piperidine rings is 1. The van der Waals surface area contributed by atoms with Crippen LogP contribution in [0, 0.1) is 17.7 Å². The summed E-state index contributed by atoms with van der Waals surface area (Å²) < 4.78 is 13.0. The minimum absolute atomic E-state index is 0.102. The number of hydrogen-bond acceptors (Lipinski definition) is 3. The SMILES string of the molecule is CC1CCN(C(C)C(=O)Nc2ccc(F)cc2N)CC1C. The Bertz CT molecular complexity index is 520. The first-order valence-electron chi connectivity index (χ1n) is 7.48. The predicted molar refractivity (Wildman–Crippen MR) is 83.4 cm³/mol. The largest absolute Gasteiger partial charge is 0.397 e. The van der Waals surface area contributed by atoms with Crippen LogP contribution in [0.3, 0.4) is 0 Å². The maximum absolute atomic E-state index is 13.0. The summed E-state index contributed by atoms with van der Waals surface area (Å²) in [5.41, 5.74) is 6.43. The van der Waals surface area contributed by atoms with Gasteiger partial charge in [0, 0.05) is 6.54 Å². The smallest absolute Gasteiger partial charge is 0.241 e. The molecule has 3 atom stereocenters. The molecule has 1 amide bonds. The van der Waals surface area contributed by atoms with Gasteiger partial charge < -0.3 is 11.1 Å². The molecule has 0 aliphatic carbocycles. The zero-order valence-electron chi connectivity index (χ0n) is 12.9. The van der Waals surface area contributed by atoms with Crippen LogP contribution in [-0.4, -0.2) is 29.9 Å². The first-order valence-corrected chi connectivity index (χ1v) is 7.48. The topological polar surface area (TPSA) is 58.4 Å². The van der Waals surface area contributed by atoms with Gasteiger partial charge in [0.05, 0.1) is 17.4 Å². The number of nitrogens with one attached hydrogen (secondary N) is 1. The van der Waals surface area contributed by atoms with Crippen LogP contribution in [0.5, 0.6) is 0 Å². The molecule has 0 spiro atoms. The van der Waals surface area contributed by atoms with Gasteiger partial charge in [-0.3, -0.25) is 9.69 Å². The lowest BCUT2D eigenvalue weighted by Gasteiger charge is -2.38. The number of hydrogen-bond donors (Lipinski definition) is 2. The summed E-state index contributed by atoms with van der Waals surface area (Å²) in [5.74, 6) is 0.779. The summed E-state index contributed by atoms with van der Waals surface area (Å²) in [7, 11) is 0. The van der Waals surface area contributed by atoms with E-state index in [4.69, 9.17) is 5.73 Å². The average Bonchev–Trinajstić information content (AvgIpc) is 2.44. The fraction of sp³-hybridized carbons (Fsp3) is 0.562. The van der Waals surface area contributed by atoms with Gasteiger partial charge in [-0.25, -0.2) is 4.39 Å². The molecule has 0 aromatic heterocycles. The van der Waals surface area contributed by atoms with E-state index < -0.39 is 5.82 Å². The molecule has 0 saturated carbocycles. The molecule has 1 fully saturated rings. The van der Waals surface area contributed by atoms with Gasteiger partial charge in [-0.2, -0.15) is 0 Å². The van der Waals surface area contributed by atoms with Crippen molar-refractivity contribution in [3.8, 4) is 0 Å². The number of nitrogens with two attached hydrogens (primary N) is 1. The lowest BCUT2D eigenvalue weighted by molar-refractivity contribution is -0.121. The van der Waals surface area contributed by atoms with Gasteiger partial charge in [0.25, 0.3) is 0 Å². The molecule has 2 rings (SSSR count). The molecule has 1 aliphatic heterocycles. The van der Waals surface area contributed by atoms with E-state index in [1.807, 2.05) is 6.92 Å². The van der Waals surface area contributed by atoms with Crippen molar-refractivity contribution in [1.82, 2.24) is 4.90 Å². The van der Waals surface area contributed by atoms with Crippen molar-refractivity contribution in [2.45, 2.75) is 33.2 Å². The predicted octanol–water partition coefficient (Wildman–Crippen LogP) is 2.71. The average molecular weight is 293 g/mol. The molecule has 3 N–H and O–H groups in total. The summed E-state index contributed by atoms with van der Waals surface area (Å²) in [6, 6.07) is 3.78. The van der Waals surface area contributed by atoms with Crippen molar-refractivity contribution < 1.29 is 9.18 Å². The lowest BCUT2D eigenvalue weighted by Crippen LogP contribution is -2.48. The molecule has 116 valence electrons. The standard InChI is InChI=1S/C16H24FN3O/c1-10-6-7-20(9-11(10)2)12(3)16(21)19-15-5-4-13(17)8-14(15)18/h4-5,8,10-12H,6-7,9,18H2,1-3H3,(H,19,21). The highest BCUT2D eigenvalue weighted by Gasteiger charge is 2.29. The summed E-state index contributed by atoms with van der Waals surface area (Å²) in [4.78, 5) is 14.5. The van der Waals surface area contributed by atoms with Gasteiger partial charge in [0.2, 0.25) is 5.91 Å². The van der Waals surface area contributed by atoms with Crippen LogP contribution >= 0.6 is 0 Å². The molecule has 1 saturated heterocycles. The number of nitrogen functional groups attached to an aromatic ring is 1. The summed E-state index contributed by atoms with van der Waals surface area (Å²) in [5, 5.41) is 2.79. The summed E-state index contributed by atoms with van der Waals surface area (Å²) >= 11 is 0. The molecule has 1 heterocycles. The van der Waals surface area contributed by atoms with Gasteiger partial charge in [-0.15, -0.1) is 0 Å². The van der Waals surface area contributed by atoms with Gasteiger partial charge in [-0.05, 0) is 49.9 Å². The normalized spacial score (nSPS) is 24.6. The molecule has 4 nitrogen and oxygen atoms in total. The van der Waals surface area contributed by atoms with E-state index >= 15 is 0 Å². The Hall–Kier alpha value is -1.62. The van der Waals surface area contributed by atoms with Crippen LogP contribution in [0.15, 0.2) is 18.2 Å². The van der Waals surface area contributed by atoms with E-state index in [1.165, 1.54) is 18.2 Å². The fourth-order valence-corrected chi connectivity index (χ4v) is 2.70. The number of anilines is 2. The van der Waals surface area contributed by atoms with Crippen LogP contribution in [-0.2, 0) is 4.79 Å². The number of halogens is 1. The van der Waals surface area contributed by atoms with E-state index in [-0.39, 0.29) is 17.6 Å². The summed E-state index contributed by atoms with van der Waals surface area (Å²) in [6.07, 6.45) is 1.11. The number of nitrogens with zero attached hydrogens (tertiary/aromatic N) is 1. The highest BCUT2D eigenvalue weighted by molar-refractivity contribution is 5.97. The molecule has 1 aromatic carbocycles.